The number of unbranched alkanes of at least 4 members (excludes halogenated alkanes) is 29. The Balaban J connectivity index is 0.000000270. The quantitative estimate of drug-likeness (QED) is 0.0335. The topological polar surface area (TPSA) is 140 Å². The summed E-state index contributed by atoms with van der Waals surface area (Å²) in [6.07, 6.45) is 53.1. The summed E-state index contributed by atoms with van der Waals surface area (Å²) in [4.78, 5) is 0. The maximum absolute atomic E-state index is 5.83. The summed E-state index contributed by atoms with van der Waals surface area (Å²) >= 11 is 0. The minimum absolute atomic E-state index is 0.582. The number of aryl methyl sites for hydroxylation is 4. The molecule has 12 heteroatoms. The van der Waals surface area contributed by atoms with Gasteiger partial charge in [0.25, 0.3) is 0 Å². The fraction of sp³-hybridized carbons (Fsp3) is 0.604. The molecule has 8 aromatic rings. The average Bonchev–Trinajstić information content (AvgIpc) is 0.872. The Kier molecular flexibility index (Phi) is 53.3. The SMILES string of the molecule is CCCCCCCCCCCCc1ccc(-c2ccc(OCC(C)CC)cc2)nn1.CCCCCCCCCCCc1ccc(-c2ccc(OCC(C)CC)cc2)nn1.CCCCCCCCCCc1ccc(-c2ccc(OCC(C)CC)cc2)nn1.CCCCCCCCc1ccc(-c2ccc(OCC(C)CC)cc2)nn1. The molecule has 4 unspecified atom stereocenters. The second-order valence-corrected chi connectivity index (χ2v) is 32.3. The van der Waals surface area contributed by atoms with Crippen LogP contribution in [0.1, 0.15) is 343 Å². The van der Waals surface area contributed by atoms with Crippen LogP contribution in [0.15, 0.2) is 146 Å². The fourth-order valence-electron chi connectivity index (χ4n) is 12.8. The van der Waals surface area contributed by atoms with Crippen molar-refractivity contribution in [1.82, 2.24) is 40.8 Å². The highest BCUT2D eigenvalue weighted by molar-refractivity contribution is 5.62. The summed E-state index contributed by atoms with van der Waals surface area (Å²) in [6, 6.07) is 49.5. The largest absolute Gasteiger partial charge is 0.493 e. The van der Waals surface area contributed by atoms with E-state index in [1.165, 1.54) is 212 Å². The summed E-state index contributed by atoms with van der Waals surface area (Å²) in [5.74, 6) is 6.01. The van der Waals surface area contributed by atoms with Crippen molar-refractivity contribution < 1.29 is 18.9 Å². The van der Waals surface area contributed by atoms with E-state index in [1.54, 1.807) is 0 Å². The van der Waals surface area contributed by atoms with E-state index in [-0.39, 0.29) is 0 Å². The van der Waals surface area contributed by atoms with Crippen molar-refractivity contribution in [3.63, 3.8) is 0 Å². The van der Waals surface area contributed by atoms with Gasteiger partial charge in [-0.15, -0.1) is 0 Å². The van der Waals surface area contributed by atoms with Crippen LogP contribution in [0, 0.1) is 23.7 Å². The van der Waals surface area contributed by atoms with Crippen LogP contribution in [-0.4, -0.2) is 67.2 Å². The third kappa shape index (κ3) is 44.2. The Morgan fingerprint density at radius 1 is 0.195 bits per heavy atom. The number of hydrogen-bond acceptors (Lipinski definition) is 12. The van der Waals surface area contributed by atoms with Crippen molar-refractivity contribution in [3.05, 3.63) is 168 Å². The van der Waals surface area contributed by atoms with Crippen LogP contribution in [0.4, 0.5) is 0 Å². The first-order valence-electron chi connectivity index (χ1n) is 45.6. The lowest BCUT2D eigenvalue weighted by molar-refractivity contribution is 0.256. The molecule has 12 nitrogen and oxygen atoms in total. The van der Waals surface area contributed by atoms with Crippen LogP contribution in [0.3, 0.4) is 0 Å². The molecule has 0 radical (unpaired) electrons. The fourth-order valence-corrected chi connectivity index (χ4v) is 12.8. The highest BCUT2D eigenvalue weighted by Gasteiger charge is 2.11. The van der Waals surface area contributed by atoms with Crippen molar-refractivity contribution in [2.75, 3.05) is 26.4 Å². The highest BCUT2D eigenvalue weighted by Crippen LogP contribution is 2.27. The zero-order valence-electron chi connectivity index (χ0n) is 73.2. The minimum Gasteiger partial charge on any atom is -0.493 e. The molecule has 4 heterocycles. The van der Waals surface area contributed by atoms with Crippen molar-refractivity contribution in [3.8, 4) is 68.0 Å². The zero-order valence-corrected chi connectivity index (χ0v) is 73.2. The lowest BCUT2D eigenvalue weighted by Crippen LogP contribution is -2.07. The van der Waals surface area contributed by atoms with Crippen LogP contribution in [0.2, 0.25) is 0 Å². The standard InChI is InChI=1S/C27H42N2O.C26H40N2O.C25H38N2O.C23H34N2O/c1-4-6-7-8-9-10-11-12-13-14-15-25-18-21-27(29-28-25)24-16-19-26(20-17-24)30-22-23(3)5-2;1-4-6-7-8-9-10-11-12-13-14-24-17-20-26(28-27-24)23-15-18-25(19-16-23)29-21-22(3)5-2;1-4-6-7-8-9-10-11-12-13-23-16-19-25(27-26-23)22-14-17-24(18-15-22)28-20-21(3)5-2;1-4-6-7-8-9-10-11-21-14-17-23(25-24-21)20-12-15-22(16-13-20)26-18-19(3)5-2/h16-21,23H,4-15,22H2,1-3H3;15-20,22H,4-14,21H2,1-3H3;14-19,21H,4-13,20H2,1-3H3;12-17,19H,4-11,18H2,1-3H3. The Morgan fingerprint density at radius 3 is 0.513 bits per heavy atom. The molecule has 4 aromatic carbocycles. The summed E-state index contributed by atoms with van der Waals surface area (Å²) in [7, 11) is 0. The van der Waals surface area contributed by atoms with Gasteiger partial charge in [-0.2, -0.15) is 40.8 Å². The molecule has 0 aliphatic heterocycles. The van der Waals surface area contributed by atoms with Crippen LogP contribution >= 0.6 is 0 Å². The molecule has 113 heavy (non-hydrogen) atoms. The van der Waals surface area contributed by atoms with E-state index < -0.39 is 0 Å². The van der Waals surface area contributed by atoms with E-state index in [4.69, 9.17) is 18.9 Å². The molecule has 4 aromatic heterocycles. The van der Waals surface area contributed by atoms with Gasteiger partial charge < -0.3 is 18.9 Å². The third-order valence-electron chi connectivity index (χ3n) is 21.8. The molecule has 0 saturated carbocycles. The maximum atomic E-state index is 5.83. The van der Waals surface area contributed by atoms with Gasteiger partial charge in [0.15, 0.2) is 0 Å². The molecule has 0 bridgehead atoms. The molecule has 0 amide bonds. The van der Waals surface area contributed by atoms with Crippen LogP contribution in [0.5, 0.6) is 23.0 Å². The van der Waals surface area contributed by atoms with Gasteiger partial charge in [0.05, 0.1) is 72.0 Å². The molecule has 0 fully saturated rings. The number of aromatic nitrogens is 8. The van der Waals surface area contributed by atoms with E-state index in [1.807, 2.05) is 48.5 Å². The number of hydrogen-bond donors (Lipinski definition) is 0. The number of benzene rings is 4. The lowest BCUT2D eigenvalue weighted by Gasteiger charge is -2.11. The summed E-state index contributed by atoms with van der Waals surface area (Å²) in [6.45, 7) is 29.7. The first-order chi connectivity index (χ1) is 55.4. The number of nitrogens with zero attached hydrogens (tertiary/aromatic N) is 8. The van der Waals surface area contributed by atoms with E-state index in [9.17, 15) is 0 Å². The molecule has 0 spiro atoms. The molecular formula is C101H154N8O4. The Bertz CT molecular complexity index is 3500. The van der Waals surface area contributed by atoms with Gasteiger partial charge in [0.1, 0.15) is 23.0 Å². The van der Waals surface area contributed by atoms with Gasteiger partial charge in [0.2, 0.25) is 0 Å². The Labute approximate surface area is 688 Å². The molecular weight excluding hydrogens is 1390 g/mol. The highest BCUT2D eigenvalue weighted by atomic mass is 16.5. The number of rotatable bonds is 57. The molecule has 622 valence electrons. The molecule has 0 N–H and O–H groups in total. The monoisotopic (exact) mass is 1540 g/mol. The molecule has 0 aliphatic rings. The van der Waals surface area contributed by atoms with E-state index >= 15 is 0 Å². The van der Waals surface area contributed by atoms with Gasteiger partial charge in [-0.3, -0.25) is 0 Å². The van der Waals surface area contributed by atoms with Crippen molar-refractivity contribution >= 4 is 0 Å². The summed E-state index contributed by atoms with van der Waals surface area (Å²) in [5, 5.41) is 35.4. The molecule has 0 aliphatic carbocycles. The minimum atomic E-state index is 0.582. The third-order valence-corrected chi connectivity index (χ3v) is 21.8. The van der Waals surface area contributed by atoms with Gasteiger partial charge in [-0.1, -0.05) is 295 Å². The second kappa shape index (κ2) is 62.7. The van der Waals surface area contributed by atoms with Gasteiger partial charge in [-0.05, 0) is 221 Å². The second-order valence-electron chi connectivity index (χ2n) is 32.3. The smallest absolute Gasteiger partial charge is 0.119 e. The predicted molar refractivity (Wildman–Crippen MR) is 480 cm³/mol. The van der Waals surface area contributed by atoms with E-state index in [0.717, 1.165) is 169 Å². The van der Waals surface area contributed by atoms with Crippen molar-refractivity contribution in [2.24, 2.45) is 23.7 Å². The normalized spacial score (nSPS) is 12.1. The Hall–Kier alpha value is -7.60. The van der Waals surface area contributed by atoms with Crippen LogP contribution < -0.4 is 18.9 Å². The lowest BCUT2D eigenvalue weighted by atomic mass is 10.1. The van der Waals surface area contributed by atoms with Crippen LogP contribution in [-0.2, 0) is 25.7 Å². The van der Waals surface area contributed by atoms with E-state index in [2.05, 4.69) is 221 Å². The van der Waals surface area contributed by atoms with Gasteiger partial charge in [-0.25, -0.2) is 0 Å². The maximum Gasteiger partial charge on any atom is 0.119 e. The Morgan fingerprint density at radius 2 is 0.363 bits per heavy atom. The first kappa shape index (κ1) is 96.0. The summed E-state index contributed by atoms with van der Waals surface area (Å²) in [5.41, 5.74) is 12.4. The number of ether oxygens (including phenoxy) is 4. The summed E-state index contributed by atoms with van der Waals surface area (Å²) < 4.78 is 23.3. The average molecular weight is 1540 g/mol. The van der Waals surface area contributed by atoms with Gasteiger partial charge >= 0.3 is 0 Å². The molecule has 8 rings (SSSR count). The van der Waals surface area contributed by atoms with Gasteiger partial charge in [0, 0.05) is 22.3 Å². The first-order valence-corrected chi connectivity index (χ1v) is 45.6. The van der Waals surface area contributed by atoms with Crippen LogP contribution in [0.25, 0.3) is 45.0 Å². The predicted octanol–water partition coefficient (Wildman–Crippen LogP) is 29.4. The molecule has 0 saturated heterocycles. The van der Waals surface area contributed by atoms with Crippen molar-refractivity contribution in [1.29, 1.82) is 0 Å². The molecule has 4 atom stereocenters. The van der Waals surface area contributed by atoms with Crippen molar-refractivity contribution in [2.45, 2.75) is 346 Å². The van der Waals surface area contributed by atoms with E-state index in [0.29, 0.717) is 23.7 Å². The zero-order chi connectivity index (χ0) is 80.8.